The first-order chi connectivity index (χ1) is 17.2. The lowest BCUT2D eigenvalue weighted by molar-refractivity contribution is -0.226. The zero-order chi connectivity index (χ0) is 26.1. The minimum atomic E-state index is -1.39. The highest BCUT2D eigenvalue weighted by molar-refractivity contribution is 5.67. The van der Waals surface area contributed by atoms with Crippen molar-refractivity contribution in [2.45, 2.75) is 71.1 Å². The number of rotatable bonds is 11. The van der Waals surface area contributed by atoms with Gasteiger partial charge in [-0.1, -0.05) is 60.7 Å². The monoisotopic (exact) mass is 500 g/mol. The van der Waals surface area contributed by atoms with Crippen molar-refractivity contribution in [2.24, 2.45) is 0 Å². The van der Waals surface area contributed by atoms with Crippen molar-refractivity contribution < 1.29 is 42.8 Å². The summed E-state index contributed by atoms with van der Waals surface area (Å²) in [6, 6.07) is 18.9. The Morgan fingerprint density at radius 2 is 1.39 bits per heavy atom. The van der Waals surface area contributed by atoms with Crippen LogP contribution in [-0.2, 0) is 56.0 Å². The van der Waals surface area contributed by atoms with Gasteiger partial charge in [0.25, 0.3) is 0 Å². The van der Waals surface area contributed by atoms with Crippen LogP contribution >= 0.6 is 0 Å². The third-order valence-corrected chi connectivity index (χ3v) is 5.73. The average molecular weight is 501 g/mol. The van der Waals surface area contributed by atoms with Crippen LogP contribution in [0.15, 0.2) is 60.7 Å². The molecular weight excluding hydrogens is 468 g/mol. The molecule has 0 aromatic heterocycles. The lowest BCUT2D eigenvalue weighted by atomic mass is 9.91. The van der Waals surface area contributed by atoms with E-state index in [0.717, 1.165) is 11.1 Å². The highest BCUT2D eigenvalue weighted by atomic mass is 16.8. The number of carbonyl (C=O) groups is 3. The Balaban J connectivity index is 1.95. The summed E-state index contributed by atoms with van der Waals surface area (Å²) in [5, 5.41) is 0. The van der Waals surface area contributed by atoms with Crippen LogP contribution in [0.1, 0.15) is 38.8 Å². The predicted molar refractivity (Wildman–Crippen MR) is 127 cm³/mol. The van der Waals surface area contributed by atoms with Crippen molar-refractivity contribution in [1.82, 2.24) is 0 Å². The maximum Gasteiger partial charge on any atom is 0.305 e. The topological polar surface area (TPSA) is 107 Å². The quantitative estimate of drug-likeness (QED) is 0.339. The molecule has 0 aliphatic carbocycles. The van der Waals surface area contributed by atoms with Gasteiger partial charge in [-0.2, -0.15) is 0 Å². The Labute approximate surface area is 210 Å². The largest absolute Gasteiger partial charge is 0.462 e. The third kappa shape index (κ3) is 7.36. The molecule has 0 saturated carbocycles. The number of hydrogen-bond acceptors (Lipinski definition) is 9. The minimum absolute atomic E-state index is 0.183. The normalized spacial score (nSPS) is 24.1. The van der Waals surface area contributed by atoms with Crippen molar-refractivity contribution in [3.8, 4) is 0 Å². The summed E-state index contributed by atoms with van der Waals surface area (Å²) in [4.78, 5) is 35.4. The Morgan fingerprint density at radius 1 is 0.833 bits per heavy atom. The van der Waals surface area contributed by atoms with Gasteiger partial charge >= 0.3 is 17.9 Å². The van der Waals surface area contributed by atoms with Crippen LogP contribution < -0.4 is 0 Å². The van der Waals surface area contributed by atoms with Gasteiger partial charge in [0.05, 0.1) is 13.2 Å². The molecule has 1 aliphatic heterocycles. The summed E-state index contributed by atoms with van der Waals surface area (Å²) in [5.41, 5.74) is 0.393. The molecule has 0 bridgehead atoms. The van der Waals surface area contributed by atoms with E-state index >= 15 is 0 Å². The molecule has 0 N–H and O–H groups in total. The molecule has 9 heteroatoms. The molecule has 9 nitrogen and oxygen atoms in total. The van der Waals surface area contributed by atoms with Crippen LogP contribution in [0.2, 0.25) is 0 Å². The zero-order valence-corrected chi connectivity index (χ0v) is 20.9. The standard InChI is InChI=1S/C27H32O9/c1-18(28)31-17-23(34-19(2)29)27(4)25(33-16-22-13-9-6-10-14-22)24(26(36-27)35-20(3)30)32-15-21-11-7-5-8-12-21/h5-14,23-26H,15-17H2,1-4H3/t23-,24-,25-,26?,27+/m1/s1. The number of carbonyl (C=O) groups excluding carboxylic acids is 3. The maximum atomic E-state index is 12.0. The van der Waals surface area contributed by atoms with Crippen molar-refractivity contribution in [3.63, 3.8) is 0 Å². The van der Waals surface area contributed by atoms with Crippen LogP contribution in [0.4, 0.5) is 0 Å². The molecule has 5 atom stereocenters. The fraction of sp³-hybridized carbons (Fsp3) is 0.444. The highest BCUT2D eigenvalue weighted by Gasteiger charge is 2.60. The van der Waals surface area contributed by atoms with Crippen LogP contribution in [0.3, 0.4) is 0 Å². The van der Waals surface area contributed by atoms with Crippen molar-refractivity contribution in [3.05, 3.63) is 71.8 Å². The van der Waals surface area contributed by atoms with E-state index in [1.165, 1.54) is 20.8 Å². The Bertz CT molecular complexity index is 1010. The first kappa shape index (κ1) is 27.3. The van der Waals surface area contributed by atoms with Gasteiger partial charge in [-0.15, -0.1) is 0 Å². The molecule has 2 aromatic rings. The predicted octanol–water partition coefficient (Wildman–Crippen LogP) is 3.33. The van der Waals surface area contributed by atoms with Gasteiger partial charge in [-0.05, 0) is 18.1 Å². The van der Waals surface area contributed by atoms with E-state index in [1.807, 2.05) is 60.7 Å². The molecular formula is C27H32O9. The second-order valence-corrected chi connectivity index (χ2v) is 8.66. The van der Waals surface area contributed by atoms with Crippen molar-refractivity contribution in [1.29, 1.82) is 0 Å². The molecule has 1 unspecified atom stereocenters. The molecule has 0 radical (unpaired) electrons. The number of ether oxygens (including phenoxy) is 6. The van der Waals surface area contributed by atoms with Gasteiger partial charge in [0.1, 0.15) is 24.4 Å². The van der Waals surface area contributed by atoms with Gasteiger partial charge in [-0.3, -0.25) is 14.4 Å². The molecule has 1 saturated heterocycles. The van der Waals surface area contributed by atoms with Crippen LogP contribution in [0.5, 0.6) is 0 Å². The summed E-state index contributed by atoms with van der Waals surface area (Å²) in [6.07, 6.45) is -3.97. The lowest BCUT2D eigenvalue weighted by Crippen LogP contribution is -2.55. The summed E-state index contributed by atoms with van der Waals surface area (Å²) in [7, 11) is 0. The molecule has 194 valence electrons. The van der Waals surface area contributed by atoms with E-state index < -0.39 is 48.1 Å². The number of hydrogen-bond donors (Lipinski definition) is 0. The van der Waals surface area contributed by atoms with Gasteiger partial charge in [0.15, 0.2) is 6.10 Å². The van der Waals surface area contributed by atoms with Crippen molar-refractivity contribution >= 4 is 17.9 Å². The first-order valence-corrected chi connectivity index (χ1v) is 11.7. The first-order valence-electron chi connectivity index (χ1n) is 11.7. The van der Waals surface area contributed by atoms with Crippen LogP contribution in [-0.4, -0.2) is 54.7 Å². The van der Waals surface area contributed by atoms with Gasteiger partial charge in [0, 0.05) is 20.8 Å². The van der Waals surface area contributed by atoms with Gasteiger partial charge < -0.3 is 28.4 Å². The molecule has 0 amide bonds. The molecule has 3 rings (SSSR count). The maximum absolute atomic E-state index is 12.0. The van der Waals surface area contributed by atoms with Crippen molar-refractivity contribution in [2.75, 3.05) is 6.61 Å². The number of benzene rings is 2. The van der Waals surface area contributed by atoms with E-state index in [1.54, 1.807) is 6.92 Å². The SMILES string of the molecule is CC(=O)OC[C@@H](OC(C)=O)[C@]1(C)OC(OC(C)=O)[C@H](OCc2ccccc2)[C@H]1OCc1ccccc1. The van der Waals surface area contributed by atoms with E-state index in [0.29, 0.717) is 0 Å². The zero-order valence-electron chi connectivity index (χ0n) is 20.9. The fourth-order valence-electron chi connectivity index (χ4n) is 4.03. The number of esters is 3. The van der Waals surface area contributed by atoms with Crippen LogP contribution in [0, 0.1) is 0 Å². The summed E-state index contributed by atoms with van der Waals surface area (Å²) >= 11 is 0. The third-order valence-electron chi connectivity index (χ3n) is 5.73. The van der Waals surface area contributed by atoms with Gasteiger partial charge in [0.2, 0.25) is 6.29 Å². The second kappa shape index (κ2) is 12.6. The molecule has 36 heavy (non-hydrogen) atoms. The van der Waals surface area contributed by atoms with Gasteiger partial charge in [-0.25, -0.2) is 0 Å². The van der Waals surface area contributed by atoms with E-state index in [-0.39, 0.29) is 19.8 Å². The van der Waals surface area contributed by atoms with Crippen LogP contribution in [0.25, 0.3) is 0 Å². The molecule has 1 fully saturated rings. The molecule has 2 aromatic carbocycles. The summed E-state index contributed by atoms with van der Waals surface area (Å²) < 4.78 is 34.9. The molecule has 0 spiro atoms. The second-order valence-electron chi connectivity index (χ2n) is 8.66. The minimum Gasteiger partial charge on any atom is -0.462 e. The average Bonchev–Trinajstić information content (AvgIpc) is 3.10. The molecule has 1 aliphatic rings. The Kier molecular flexibility index (Phi) is 9.58. The highest BCUT2D eigenvalue weighted by Crippen LogP contribution is 2.40. The Hall–Kier alpha value is -3.27. The lowest BCUT2D eigenvalue weighted by Gasteiger charge is -2.37. The summed E-state index contributed by atoms with van der Waals surface area (Å²) in [5.74, 6) is -1.73. The van der Waals surface area contributed by atoms with E-state index in [4.69, 9.17) is 28.4 Å². The van der Waals surface area contributed by atoms with E-state index in [9.17, 15) is 14.4 Å². The fourth-order valence-corrected chi connectivity index (χ4v) is 4.03. The Morgan fingerprint density at radius 3 is 1.89 bits per heavy atom. The van der Waals surface area contributed by atoms with E-state index in [2.05, 4.69) is 0 Å². The smallest absolute Gasteiger partial charge is 0.305 e. The molecule has 1 heterocycles. The summed E-state index contributed by atoms with van der Waals surface area (Å²) in [6.45, 7) is 5.50.